The van der Waals surface area contributed by atoms with Crippen LogP contribution in [0, 0.1) is 0 Å². The van der Waals surface area contributed by atoms with Gasteiger partial charge >= 0.3 is 0 Å². The van der Waals surface area contributed by atoms with Crippen LogP contribution in [0.3, 0.4) is 0 Å². The van der Waals surface area contributed by atoms with Crippen LogP contribution in [0.2, 0.25) is 0 Å². The summed E-state index contributed by atoms with van der Waals surface area (Å²) in [4.78, 5) is 0. The maximum absolute atomic E-state index is 5.42. The first kappa shape index (κ1) is 14.8. The fourth-order valence-electron chi connectivity index (χ4n) is 0.973. The second kappa shape index (κ2) is 10.4. The summed E-state index contributed by atoms with van der Waals surface area (Å²) in [5, 5.41) is 0. The largest absolute Gasteiger partial charge is 0.382 e. The van der Waals surface area contributed by atoms with E-state index >= 15 is 0 Å². The van der Waals surface area contributed by atoms with Crippen molar-refractivity contribution >= 4 is 0 Å². The molecule has 0 spiro atoms. The smallest absolute Gasteiger partial charge is 0.0781 e. The van der Waals surface area contributed by atoms with Crippen molar-refractivity contribution in [1.29, 1.82) is 0 Å². The van der Waals surface area contributed by atoms with Gasteiger partial charge in [-0.3, -0.25) is 0 Å². The van der Waals surface area contributed by atoms with Gasteiger partial charge in [0.15, 0.2) is 0 Å². The lowest BCUT2D eigenvalue weighted by atomic mass is 10.4. The van der Waals surface area contributed by atoms with Gasteiger partial charge in [0.2, 0.25) is 0 Å². The molecule has 0 amide bonds. The number of ether oxygens (including phenoxy) is 4. The molecule has 0 heterocycles. The van der Waals surface area contributed by atoms with Crippen molar-refractivity contribution in [2.45, 2.75) is 33.0 Å². The number of rotatable bonds is 10. The van der Waals surface area contributed by atoms with Crippen molar-refractivity contribution in [2.75, 3.05) is 40.1 Å². The Balaban J connectivity index is 3.13. The Hall–Kier alpha value is -0.160. The highest BCUT2D eigenvalue weighted by Crippen LogP contribution is 1.93. The minimum atomic E-state index is 0.110. The van der Waals surface area contributed by atoms with E-state index in [-0.39, 0.29) is 12.2 Å². The van der Waals surface area contributed by atoms with Gasteiger partial charge in [-0.1, -0.05) is 0 Å². The minimum absolute atomic E-state index is 0.110. The lowest BCUT2D eigenvalue weighted by molar-refractivity contribution is -0.0408. The molecule has 0 aliphatic carbocycles. The van der Waals surface area contributed by atoms with Crippen LogP contribution in [0.15, 0.2) is 0 Å². The van der Waals surface area contributed by atoms with Gasteiger partial charge in [-0.15, -0.1) is 0 Å². The maximum Gasteiger partial charge on any atom is 0.0781 e. The predicted molar refractivity (Wildman–Crippen MR) is 59.2 cm³/mol. The first-order valence-electron chi connectivity index (χ1n) is 5.46. The summed E-state index contributed by atoms with van der Waals surface area (Å²) in [5.74, 6) is 0. The van der Waals surface area contributed by atoms with Crippen LogP contribution >= 0.6 is 0 Å². The quantitative estimate of drug-likeness (QED) is 0.523. The highest BCUT2D eigenvalue weighted by atomic mass is 16.6. The molecule has 0 aliphatic rings. The van der Waals surface area contributed by atoms with Crippen molar-refractivity contribution in [3.8, 4) is 0 Å². The monoisotopic (exact) mass is 220 g/mol. The van der Waals surface area contributed by atoms with E-state index in [1.54, 1.807) is 7.11 Å². The molecule has 92 valence electrons. The summed E-state index contributed by atoms with van der Waals surface area (Å²) in [6.45, 7) is 9.11. The summed E-state index contributed by atoms with van der Waals surface area (Å²) in [7, 11) is 1.66. The summed E-state index contributed by atoms with van der Waals surface area (Å²) in [6.07, 6.45) is 0.378. The molecule has 0 bridgehead atoms. The van der Waals surface area contributed by atoms with Gasteiger partial charge in [0.1, 0.15) is 0 Å². The molecule has 0 rings (SSSR count). The topological polar surface area (TPSA) is 36.9 Å². The van der Waals surface area contributed by atoms with Gasteiger partial charge in [-0.2, -0.15) is 0 Å². The number of hydrogen-bond acceptors (Lipinski definition) is 4. The molecule has 0 aromatic rings. The van der Waals surface area contributed by atoms with E-state index in [2.05, 4.69) is 0 Å². The molecule has 4 nitrogen and oxygen atoms in total. The van der Waals surface area contributed by atoms with Crippen molar-refractivity contribution < 1.29 is 18.9 Å². The van der Waals surface area contributed by atoms with Gasteiger partial charge in [-0.25, -0.2) is 0 Å². The van der Waals surface area contributed by atoms with Crippen LogP contribution in [-0.2, 0) is 18.9 Å². The molecule has 15 heavy (non-hydrogen) atoms. The van der Waals surface area contributed by atoms with Crippen molar-refractivity contribution in [3.05, 3.63) is 0 Å². The SMILES string of the molecule is COCCOC(C)COCCOC(C)C. The zero-order valence-electron chi connectivity index (χ0n) is 10.3. The Bertz CT molecular complexity index is 128. The maximum atomic E-state index is 5.42. The zero-order valence-corrected chi connectivity index (χ0v) is 10.3. The number of methoxy groups -OCH3 is 1. The summed E-state index contributed by atoms with van der Waals surface area (Å²) in [6, 6.07) is 0. The van der Waals surface area contributed by atoms with Crippen LogP contribution < -0.4 is 0 Å². The molecule has 0 aromatic heterocycles. The Morgan fingerprint density at radius 2 is 1.53 bits per heavy atom. The average molecular weight is 220 g/mol. The van der Waals surface area contributed by atoms with E-state index in [1.807, 2.05) is 20.8 Å². The minimum Gasteiger partial charge on any atom is -0.382 e. The van der Waals surface area contributed by atoms with Gasteiger partial charge in [0, 0.05) is 7.11 Å². The summed E-state index contributed by atoms with van der Waals surface area (Å²) in [5.41, 5.74) is 0. The highest BCUT2D eigenvalue weighted by Gasteiger charge is 2.01. The van der Waals surface area contributed by atoms with E-state index in [9.17, 15) is 0 Å². The third-order valence-corrected chi connectivity index (χ3v) is 1.72. The Kier molecular flexibility index (Phi) is 10.3. The Morgan fingerprint density at radius 3 is 2.13 bits per heavy atom. The number of hydrogen-bond donors (Lipinski definition) is 0. The highest BCUT2D eigenvalue weighted by molar-refractivity contribution is 4.47. The van der Waals surface area contributed by atoms with Gasteiger partial charge in [-0.05, 0) is 20.8 Å². The summed E-state index contributed by atoms with van der Waals surface area (Å²) >= 11 is 0. The fourth-order valence-corrected chi connectivity index (χ4v) is 0.973. The molecule has 0 aliphatic heterocycles. The lowest BCUT2D eigenvalue weighted by Gasteiger charge is -2.13. The lowest BCUT2D eigenvalue weighted by Crippen LogP contribution is -2.20. The van der Waals surface area contributed by atoms with E-state index in [1.165, 1.54) is 0 Å². The molecular weight excluding hydrogens is 196 g/mol. The van der Waals surface area contributed by atoms with E-state index < -0.39 is 0 Å². The molecule has 0 radical (unpaired) electrons. The van der Waals surface area contributed by atoms with Crippen molar-refractivity contribution in [3.63, 3.8) is 0 Å². The Labute approximate surface area is 92.8 Å². The second-order valence-corrected chi connectivity index (χ2v) is 3.67. The molecule has 0 saturated carbocycles. The molecular formula is C11H24O4. The molecule has 4 heteroatoms. The molecule has 1 unspecified atom stereocenters. The molecule has 0 N–H and O–H groups in total. The van der Waals surface area contributed by atoms with Crippen LogP contribution in [0.4, 0.5) is 0 Å². The first-order chi connectivity index (χ1) is 7.16. The molecule has 1 atom stereocenters. The fraction of sp³-hybridized carbons (Fsp3) is 1.00. The summed E-state index contributed by atoms with van der Waals surface area (Å²) < 4.78 is 21.0. The predicted octanol–water partition coefficient (Wildman–Crippen LogP) is 1.48. The average Bonchev–Trinajstić information content (AvgIpc) is 2.17. The Morgan fingerprint density at radius 1 is 0.867 bits per heavy atom. The first-order valence-corrected chi connectivity index (χ1v) is 5.46. The standard InChI is InChI=1S/C11H24O4/c1-10(2)14-8-6-13-9-11(3)15-7-5-12-4/h10-11H,5-9H2,1-4H3. The van der Waals surface area contributed by atoms with Crippen LogP contribution in [-0.4, -0.2) is 52.4 Å². The third-order valence-electron chi connectivity index (χ3n) is 1.72. The van der Waals surface area contributed by atoms with E-state index in [4.69, 9.17) is 18.9 Å². The molecule has 0 saturated heterocycles. The molecule has 0 aromatic carbocycles. The van der Waals surface area contributed by atoms with Crippen molar-refractivity contribution in [2.24, 2.45) is 0 Å². The zero-order chi connectivity index (χ0) is 11.5. The normalized spacial score (nSPS) is 13.4. The second-order valence-electron chi connectivity index (χ2n) is 3.67. The van der Waals surface area contributed by atoms with Crippen molar-refractivity contribution in [1.82, 2.24) is 0 Å². The van der Waals surface area contributed by atoms with Gasteiger partial charge in [0.05, 0.1) is 45.2 Å². The van der Waals surface area contributed by atoms with E-state index in [0.717, 1.165) is 0 Å². The molecule has 0 fully saturated rings. The van der Waals surface area contributed by atoms with Gasteiger partial charge < -0.3 is 18.9 Å². The van der Waals surface area contributed by atoms with Crippen LogP contribution in [0.5, 0.6) is 0 Å². The third kappa shape index (κ3) is 11.8. The van der Waals surface area contributed by atoms with E-state index in [0.29, 0.717) is 33.0 Å². The van der Waals surface area contributed by atoms with Gasteiger partial charge in [0.25, 0.3) is 0 Å². The van der Waals surface area contributed by atoms with Crippen LogP contribution in [0.25, 0.3) is 0 Å². The van der Waals surface area contributed by atoms with Crippen LogP contribution in [0.1, 0.15) is 20.8 Å².